The molecule has 1 saturated carbocycles. The topological polar surface area (TPSA) is 0 Å². The van der Waals surface area contributed by atoms with Crippen molar-refractivity contribution in [1.29, 1.82) is 0 Å². The Labute approximate surface area is 70.3 Å². The SMILES string of the molecule is FC1=CC=CC(C2CC2)C=C1F. The van der Waals surface area contributed by atoms with Crippen LogP contribution in [0.5, 0.6) is 0 Å². The van der Waals surface area contributed by atoms with Crippen molar-refractivity contribution < 1.29 is 8.78 Å². The Morgan fingerprint density at radius 2 is 1.92 bits per heavy atom. The van der Waals surface area contributed by atoms with Gasteiger partial charge in [-0.3, -0.25) is 0 Å². The molecule has 0 heterocycles. The third kappa shape index (κ3) is 1.47. The highest BCUT2D eigenvalue weighted by Crippen LogP contribution is 2.40. The van der Waals surface area contributed by atoms with E-state index in [-0.39, 0.29) is 5.92 Å². The fourth-order valence-electron chi connectivity index (χ4n) is 1.43. The van der Waals surface area contributed by atoms with Crippen LogP contribution in [0.1, 0.15) is 12.8 Å². The van der Waals surface area contributed by atoms with E-state index in [9.17, 15) is 8.78 Å². The van der Waals surface area contributed by atoms with Gasteiger partial charge in [-0.15, -0.1) is 0 Å². The van der Waals surface area contributed by atoms with Gasteiger partial charge in [0, 0.05) is 5.92 Å². The average Bonchev–Trinajstić information content (AvgIpc) is 2.82. The average molecular weight is 168 g/mol. The fourth-order valence-corrected chi connectivity index (χ4v) is 1.43. The molecule has 0 bridgehead atoms. The van der Waals surface area contributed by atoms with Gasteiger partial charge in [0.15, 0.2) is 11.7 Å². The van der Waals surface area contributed by atoms with E-state index < -0.39 is 11.7 Å². The standard InChI is InChI=1S/C10H10F2/c11-9-3-1-2-8(6-10(9)12)7-4-5-7/h1-3,6-8H,4-5H2. The van der Waals surface area contributed by atoms with Crippen LogP contribution in [0, 0.1) is 11.8 Å². The molecule has 12 heavy (non-hydrogen) atoms. The lowest BCUT2D eigenvalue weighted by Crippen LogP contribution is -1.93. The Morgan fingerprint density at radius 1 is 1.17 bits per heavy atom. The summed E-state index contributed by atoms with van der Waals surface area (Å²) in [5.74, 6) is -0.813. The second kappa shape index (κ2) is 2.85. The van der Waals surface area contributed by atoms with Crippen LogP contribution in [0.4, 0.5) is 8.78 Å². The van der Waals surface area contributed by atoms with E-state index in [1.165, 1.54) is 12.2 Å². The number of hydrogen-bond donors (Lipinski definition) is 0. The van der Waals surface area contributed by atoms with Gasteiger partial charge in [-0.05, 0) is 30.9 Å². The molecule has 1 atom stereocenters. The molecule has 1 unspecified atom stereocenters. The molecule has 0 amide bonds. The zero-order chi connectivity index (χ0) is 8.55. The second-order valence-corrected chi connectivity index (χ2v) is 3.33. The molecule has 2 rings (SSSR count). The van der Waals surface area contributed by atoms with E-state index in [1.807, 2.05) is 6.08 Å². The molecular formula is C10H10F2. The van der Waals surface area contributed by atoms with Crippen molar-refractivity contribution in [2.45, 2.75) is 12.8 Å². The first kappa shape index (κ1) is 7.71. The maximum atomic E-state index is 12.9. The van der Waals surface area contributed by atoms with Crippen LogP contribution >= 0.6 is 0 Å². The summed E-state index contributed by atoms with van der Waals surface area (Å²) in [4.78, 5) is 0. The zero-order valence-corrected chi connectivity index (χ0v) is 6.63. The van der Waals surface area contributed by atoms with Crippen molar-refractivity contribution in [3.63, 3.8) is 0 Å². The summed E-state index contributed by atoms with van der Waals surface area (Å²) in [6.45, 7) is 0. The molecule has 0 aromatic rings. The predicted molar refractivity (Wildman–Crippen MR) is 43.7 cm³/mol. The number of allylic oxidation sites excluding steroid dienone is 6. The highest BCUT2D eigenvalue weighted by molar-refractivity contribution is 5.29. The maximum Gasteiger partial charge on any atom is 0.158 e. The van der Waals surface area contributed by atoms with Gasteiger partial charge in [-0.2, -0.15) is 0 Å². The van der Waals surface area contributed by atoms with Crippen LogP contribution in [-0.2, 0) is 0 Å². The lowest BCUT2D eigenvalue weighted by atomic mass is 10.0. The Hall–Kier alpha value is -0.920. The summed E-state index contributed by atoms with van der Waals surface area (Å²) in [5.41, 5.74) is 0. The van der Waals surface area contributed by atoms with Crippen molar-refractivity contribution in [3.8, 4) is 0 Å². The molecule has 0 nitrogen and oxygen atoms in total. The summed E-state index contributed by atoms with van der Waals surface area (Å²) in [6, 6.07) is 0. The Balaban J connectivity index is 2.20. The first-order valence-corrected chi connectivity index (χ1v) is 4.19. The summed E-state index contributed by atoms with van der Waals surface area (Å²) in [5, 5.41) is 0. The molecule has 0 saturated heterocycles. The highest BCUT2D eigenvalue weighted by atomic mass is 19.2. The van der Waals surface area contributed by atoms with E-state index in [4.69, 9.17) is 0 Å². The van der Waals surface area contributed by atoms with Gasteiger partial charge in [0.1, 0.15) is 0 Å². The van der Waals surface area contributed by atoms with Crippen molar-refractivity contribution in [1.82, 2.24) is 0 Å². The van der Waals surface area contributed by atoms with E-state index in [0.717, 1.165) is 12.8 Å². The van der Waals surface area contributed by atoms with Gasteiger partial charge in [0.05, 0.1) is 0 Å². The van der Waals surface area contributed by atoms with E-state index in [1.54, 1.807) is 6.08 Å². The Kier molecular flexibility index (Phi) is 1.83. The van der Waals surface area contributed by atoms with Crippen LogP contribution in [0.25, 0.3) is 0 Å². The molecule has 2 aliphatic rings. The molecule has 2 heteroatoms. The minimum atomic E-state index is -0.755. The minimum absolute atomic E-state index is 0.106. The molecule has 1 fully saturated rings. The zero-order valence-electron chi connectivity index (χ0n) is 6.63. The third-order valence-corrected chi connectivity index (χ3v) is 2.31. The lowest BCUT2D eigenvalue weighted by molar-refractivity contribution is 0.534. The summed E-state index contributed by atoms with van der Waals surface area (Å²) < 4.78 is 25.5. The van der Waals surface area contributed by atoms with Crippen molar-refractivity contribution in [3.05, 3.63) is 36.0 Å². The molecule has 0 aliphatic heterocycles. The molecule has 64 valence electrons. The molecule has 0 aromatic carbocycles. The summed E-state index contributed by atoms with van der Waals surface area (Å²) in [6.07, 6.45) is 8.30. The van der Waals surface area contributed by atoms with Crippen LogP contribution in [0.2, 0.25) is 0 Å². The molecular weight excluding hydrogens is 158 g/mol. The quantitative estimate of drug-likeness (QED) is 0.563. The van der Waals surface area contributed by atoms with Gasteiger partial charge < -0.3 is 0 Å². The van der Waals surface area contributed by atoms with Gasteiger partial charge >= 0.3 is 0 Å². The number of rotatable bonds is 1. The van der Waals surface area contributed by atoms with Gasteiger partial charge in [-0.25, -0.2) is 8.78 Å². The molecule has 0 spiro atoms. The molecule has 0 radical (unpaired) electrons. The summed E-state index contributed by atoms with van der Waals surface area (Å²) >= 11 is 0. The minimum Gasteiger partial charge on any atom is -0.204 e. The first-order chi connectivity index (χ1) is 5.77. The second-order valence-electron chi connectivity index (χ2n) is 3.33. The molecule has 0 aromatic heterocycles. The molecule has 2 aliphatic carbocycles. The largest absolute Gasteiger partial charge is 0.204 e. The van der Waals surface area contributed by atoms with Crippen LogP contribution < -0.4 is 0 Å². The van der Waals surface area contributed by atoms with E-state index in [0.29, 0.717) is 5.92 Å². The number of halogens is 2. The van der Waals surface area contributed by atoms with Gasteiger partial charge in [0.2, 0.25) is 0 Å². The lowest BCUT2D eigenvalue weighted by Gasteiger charge is -2.02. The van der Waals surface area contributed by atoms with E-state index in [2.05, 4.69) is 0 Å². The summed E-state index contributed by atoms with van der Waals surface area (Å²) in [7, 11) is 0. The van der Waals surface area contributed by atoms with Crippen molar-refractivity contribution in [2.24, 2.45) is 11.8 Å². The van der Waals surface area contributed by atoms with E-state index >= 15 is 0 Å². The maximum absolute atomic E-state index is 12.9. The smallest absolute Gasteiger partial charge is 0.158 e. The predicted octanol–water partition coefficient (Wildman–Crippen LogP) is 3.29. The van der Waals surface area contributed by atoms with Gasteiger partial charge in [-0.1, -0.05) is 12.2 Å². The van der Waals surface area contributed by atoms with Crippen LogP contribution in [0.3, 0.4) is 0 Å². The van der Waals surface area contributed by atoms with Crippen molar-refractivity contribution >= 4 is 0 Å². The Bertz CT molecular complexity index is 270. The Morgan fingerprint density at radius 3 is 2.58 bits per heavy atom. The highest BCUT2D eigenvalue weighted by Gasteiger charge is 2.29. The first-order valence-electron chi connectivity index (χ1n) is 4.19. The number of hydrogen-bond acceptors (Lipinski definition) is 0. The molecule has 0 N–H and O–H groups in total. The van der Waals surface area contributed by atoms with Gasteiger partial charge in [0.25, 0.3) is 0 Å². The monoisotopic (exact) mass is 168 g/mol. The third-order valence-electron chi connectivity index (χ3n) is 2.31. The fraction of sp³-hybridized carbons (Fsp3) is 0.400. The van der Waals surface area contributed by atoms with Crippen LogP contribution in [0.15, 0.2) is 36.0 Å². The normalized spacial score (nSPS) is 29.3. The van der Waals surface area contributed by atoms with Crippen molar-refractivity contribution in [2.75, 3.05) is 0 Å². The van der Waals surface area contributed by atoms with Crippen LogP contribution in [-0.4, -0.2) is 0 Å².